The molecule has 16 heavy (non-hydrogen) atoms. The summed E-state index contributed by atoms with van der Waals surface area (Å²) in [6, 6.07) is 7.01. The zero-order valence-electron chi connectivity index (χ0n) is 9.86. The smallest absolute Gasteiger partial charge is 0.104 e. The first-order valence-electron chi connectivity index (χ1n) is 5.76. The Hall–Kier alpha value is -1.09. The molecule has 1 fully saturated rings. The van der Waals surface area contributed by atoms with Crippen LogP contribution in [0.15, 0.2) is 18.2 Å². The Kier molecular flexibility index (Phi) is 3.15. The van der Waals surface area contributed by atoms with Crippen LogP contribution in [0.2, 0.25) is 0 Å². The molecule has 0 aliphatic carbocycles. The molecule has 1 aliphatic rings. The fraction of sp³-hybridized carbons (Fsp3) is 0.462. The Morgan fingerprint density at radius 1 is 1.50 bits per heavy atom. The third-order valence-electron chi connectivity index (χ3n) is 3.36. The lowest BCUT2D eigenvalue weighted by Crippen LogP contribution is -2.26. The second kappa shape index (κ2) is 4.42. The first kappa shape index (κ1) is 11.4. The minimum absolute atomic E-state index is 0.485. The van der Waals surface area contributed by atoms with E-state index in [2.05, 4.69) is 30.9 Å². The summed E-state index contributed by atoms with van der Waals surface area (Å²) in [7, 11) is 0. The van der Waals surface area contributed by atoms with E-state index in [1.54, 1.807) is 0 Å². The predicted molar refractivity (Wildman–Crippen MR) is 73.1 cm³/mol. The van der Waals surface area contributed by atoms with E-state index in [-0.39, 0.29) is 0 Å². The second-order valence-corrected chi connectivity index (χ2v) is 4.99. The summed E-state index contributed by atoms with van der Waals surface area (Å²) in [5.41, 5.74) is 9.12. The first-order chi connectivity index (χ1) is 7.59. The van der Waals surface area contributed by atoms with Crippen LogP contribution in [0, 0.1) is 6.92 Å². The van der Waals surface area contributed by atoms with Crippen molar-refractivity contribution in [2.75, 3.05) is 11.4 Å². The molecule has 1 unspecified atom stereocenters. The van der Waals surface area contributed by atoms with Gasteiger partial charge in [-0.05, 0) is 50.5 Å². The highest BCUT2D eigenvalue weighted by Gasteiger charge is 2.20. The van der Waals surface area contributed by atoms with Gasteiger partial charge in [-0.3, -0.25) is 0 Å². The molecule has 86 valence electrons. The standard InChI is InChI=1S/C13H18N2S/c1-9-8-11(5-6-12(9)13(14)16)15-7-3-4-10(15)2/h5-6,8,10H,3-4,7H2,1-2H3,(H2,14,16). The van der Waals surface area contributed by atoms with Crippen molar-refractivity contribution in [3.05, 3.63) is 29.3 Å². The maximum absolute atomic E-state index is 5.66. The van der Waals surface area contributed by atoms with Gasteiger partial charge in [0.25, 0.3) is 0 Å². The third kappa shape index (κ3) is 2.05. The number of nitrogens with two attached hydrogens (primary N) is 1. The van der Waals surface area contributed by atoms with Gasteiger partial charge in [0.2, 0.25) is 0 Å². The summed E-state index contributed by atoms with van der Waals surface area (Å²) in [5.74, 6) is 0. The average molecular weight is 234 g/mol. The third-order valence-corrected chi connectivity index (χ3v) is 3.58. The van der Waals surface area contributed by atoms with Crippen molar-refractivity contribution in [2.24, 2.45) is 5.73 Å². The topological polar surface area (TPSA) is 29.3 Å². The lowest BCUT2D eigenvalue weighted by atomic mass is 10.1. The Balaban J connectivity index is 2.30. The molecule has 0 aromatic heterocycles. The minimum Gasteiger partial charge on any atom is -0.389 e. The van der Waals surface area contributed by atoms with E-state index in [1.165, 1.54) is 24.1 Å². The number of rotatable bonds is 2. The Morgan fingerprint density at radius 3 is 2.75 bits per heavy atom. The number of thiocarbonyl (C=S) groups is 1. The van der Waals surface area contributed by atoms with Gasteiger partial charge >= 0.3 is 0 Å². The zero-order chi connectivity index (χ0) is 11.7. The lowest BCUT2D eigenvalue weighted by molar-refractivity contribution is 0.735. The average Bonchev–Trinajstić information content (AvgIpc) is 2.63. The molecule has 0 spiro atoms. The Morgan fingerprint density at radius 2 is 2.25 bits per heavy atom. The molecule has 2 N–H and O–H groups in total. The van der Waals surface area contributed by atoms with Gasteiger partial charge in [-0.2, -0.15) is 0 Å². The number of anilines is 1. The number of aryl methyl sites for hydroxylation is 1. The summed E-state index contributed by atoms with van der Waals surface area (Å²) in [6.07, 6.45) is 2.58. The summed E-state index contributed by atoms with van der Waals surface area (Å²) < 4.78 is 0. The van der Waals surface area contributed by atoms with Gasteiger partial charge in [0.1, 0.15) is 4.99 Å². The maximum Gasteiger partial charge on any atom is 0.104 e. The molecular weight excluding hydrogens is 216 g/mol. The van der Waals surface area contributed by atoms with Crippen molar-refractivity contribution in [1.29, 1.82) is 0 Å². The van der Waals surface area contributed by atoms with Gasteiger partial charge in [-0.15, -0.1) is 0 Å². The predicted octanol–water partition coefficient (Wildman–Crippen LogP) is 2.62. The molecule has 1 aliphatic heterocycles. The van der Waals surface area contributed by atoms with Crippen LogP contribution in [0.25, 0.3) is 0 Å². The van der Waals surface area contributed by atoms with E-state index in [0.29, 0.717) is 11.0 Å². The largest absolute Gasteiger partial charge is 0.389 e. The number of benzene rings is 1. The summed E-state index contributed by atoms with van der Waals surface area (Å²) in [5, 5.41) is 0. The molecule has 0 amide bonds. The lowest BCUT2D eigenvalue weighted by Gasteiger charge is -2.24. The molecule has 2 rings (SSSR count). The highest BCUT2D eigenvalue weighted by molar-refractivity contribution is 7.80. The molecule has 1 aromatic rings. The van der Waals surface area contributed by atoms with E-state index >= 15 is 0 Å². The van der Waals surface area contributed by atoms with Gasteiger partial charge in [-0.1, -0.05) is 12.2 Å². The van der Waals surface area contributed by atoms with Crippen molar-refractivity contribution in [3.63, 3.8) is 0 Å². The van der Waals surface area contributed by atoms with Gasteiger partial charge in [0.05, 0.1) is 0 Å². The highest BCUT2D eigenvalue weighted by atomic mass is 32.1. The molecule has 0 saturated carbocycles. The molecule has 0 radical (unpaired) electrons. The van der Waals surface area contributed by atoms with Crippen LogP contribution in [0.5, 0.6) is 0 Å². The van der Waals surface area contributed by atoms with Crippen molar-refractivity contribution in [1.82, 2.24) is 0 Å². The van der Waals surface area contributed by atoms with E-state index in [4.69, 9.17) is 18.0 Å². The van der Waals surface area contributed by atoms with Crippen LogP contribution in [-0.2, 0) is 0 Å². The van der Waals surface area contributed by atoms with Gasteiger partial charge in [-0.25, -0.2) is 0 Å². The quantitative estimate of drug-likeness (QED) is 0.798. The Bertz CT molecular complexity index is 414. The number of hydrogen-bond donors (Lipinski definition) is 1. The fourth-order valence-corrected chi connectivity index (χ4v) is 2.65. The van der Waals surface area contributed by atoms with Crippen LogP contribution in [0.3, 0.4) is 0 Å². The van der Waals surface area contributed by atoms with E-state index in [0.717, 1.165) is 12.1 Å². The van der Waals surface area contributed by atoms with Gasteiger partial charge < -0.3 is 10.6 Å². The summed E-state index contributed by atoms with van der Waals surface area (Å²) >= 11 is 5.01. The maximum atomic E-state index is 5.66. The van der Waals surface area contributed by atoms with E-state index < -0.39 is 0 Å². The van der Waals surface area contributed by atoms with Gasteiger partial charge in [0.15, 0.2) is 0 Å². The van der Waals surface area contributed by atoms with Crippen LogP contribution in [-0.4, -0.2) is 17.6 Å². The molecule has 0 bridgehead atoms. The first-order valence-corrected chi connectivity index (χ1v) is 6.17. The van der Waals surface area contributed by atoms with Crippen molar-refractivity contribution in [3.8, 4) is 0 Å². The van der Waals surface area contributed by atoms with Crippen molar-refractivity contribution < 1.29 is 0 Å². The SMILES string of the molecule is Cc1cc(N2CCCC2C)ccc1C(N)=S. The molecule has 1 heterocycles. The van der Waals surface area contributed by atoms with E-state index in [1.807, 2.05) is 6.07 Å². The van der Waals surface area contributed by atoms with Crippen molar-refractivity contribution in [2.45, 2.75) is 32.7 Å². The minimum atomic E-state index is 0.485. The fourth-order valence-electron chi connectivity index (χ4n) is 2.42. The molecule has 1 aromatic carbocycles. The van der Waals surface area contributed by atoms with Crippen LogP contribution in [0.4, 0.5) is 5.69 Å². The Labute approximate surface area is 102 Å². The van der Waals surface area contributed by atoms with Gasteiger partial charge in [0, 0.05) is 23.8 Å². The summed E-state index contributed by atoms with van der Waals surface area (Å²) in [4.78, 5) is 2.94. The molecule has 2 nitrogen and oxygen atoms in total. The molecule has 1 saturated heterocycles. The molecular formula is C13H18N2S. The zero-order valence-corrected chi connectivity index (χ0v) is 10.7. The molecule has 3 heteroatoms. The monoisotopic (exact) mass is 234 g/mol. The summed E-state index contributed by atoms with van der Waals surface area (Å²) in [6.45, 7) is 5.51. The number of nitrogens with zero attached hydrogens (tertiary/aromatic N) is 1. The highest BCUT2D eigenvalue weighted by Crippen LogP contribution is 2.26. The number of hydrogen-bond acceptors (Lipinski definition) is 2. The normalized spacial score (nSPS) is 20.1. The molecule has 1 atom stereocenters. The van der Waals surface area contributed by atoms with Crippen molar-refractivity contribution >= 4 is 22.9 Å². The van der Waals surface area contributed by atoms with E-state index in [9.17, 15) is 0 Å². The van der Waals surface area contributed by atoms with Crippen LogP contribution in [0.1, 0.15) is 30.9 Å². The van der Waals surface area contributed by atoms with Crippen LogP contribution < -0.4 is 10.6 Å². The second-order valence-electron chi connectivity index (χ2n) is 4.55. The van der Waals surface area contributed by atoms with Crippen LogP contribution >= 0.6 is 12.2 Å².